The highest BCUT2D eigenvalue weighted by atomic mass is 16.5. The van der Waals surface area contributed by atoms with Crippen molar-refractivity contribution in [3.8, 4) is 11.6 Å². The van der Waals surface area contributed by atoms with E-state index < -0.39 is 0 Å². The molecule has 8 bridgehead atoms. The maximum absolute atomic E-state index is 13.4. The molecule has 13 rings (SSSR count). The van der Waals surface area contributed by atoms with Crippen molar-refractivity contribution >= 4 is 52.9 Å². The van der Waals surface area contributed by atoms with Crippen molar-refractivity contribution in [1.82, 2.24) is 90.0 Å². The second-order valence-corrected chi connectivity index (χ2v) is 26.0. The molecule has 9 aromatic rings. The predicted octanol–water partition coefficient (Wildman–Crippen LogP) is 7.88. The fourth-order valence-corrected chi connectivity index (χ4v) is 12.0. The third-order valence-corrected chi connectivity index (χ3v) is 17.9. The molecule has 8 aromatic heterocycles. The number of rotatable bonds is 13. The molecule has 0 aliphatic carbocycles. The number of carbonyl (C=O) groups excluding carboxylic acids is 3. The lowest BCUT2D eigenvalue weighted by Gasteiger charge is -2.31. The van der Waals surface area contributed by atoms with E-state index in [1.807, 2.05) is 53.5 Å². The third-order valence-electron chi connectivity index (χ3n) is 17.9. The summed E-state index contributed by atoms with van der Waals surface area (Å²) in [7, 11) is 0. The van der Waals surface area contributed by atoms with Gasteiger partial charge in [-0.3, -0.25) is 24.0 Å². The van der Waals surface area contributed by atoms with Crippen LogP contribution in [0.25, 0.3) is 11.6 Å². The minimum absolute atomic E-state index is 0.143. The quantitative estimate of drug-likeness (QED) is 0.0509. The first kappa shape index (κ1) is 77.6. The topological polar surface area (TPSA) is 366 Å². The van der Waals surface area contributed by atoms with E-state index in [0.717, 1.165) is 146 Å². The number of nitrogens with zero attached hydrogens (tertiary/aromatic N) is 16. The van der Waals surface area contributed by atoms with Crippen molar-refractivity contribution in [2.24, 2.45) is 5.92 Å². The van der Waals surface area contributed by atoms with E-state index in [2.05, 4.69) is 139 Å². The third kappa shape index (κ3) is 26.5. The first-order valence-corrected chi connectivity index (χ1v) is 37.4. The van der Waals surface area contributed by atoms with Crippen molar-refractivity contribution in [3.63, 3.8) is 0 Å². The Morgan fingerprint density at radius 2 is 0.935 bits per heavy atom. The number of benzene rings is 1. The summed E-state index contributed by atoms with van der Waals surface area (Å²) in [5, 5.41) is 42.2. The van der Waals surface area contributed by atoms with Crippen LogP contribution in [0.2, 0.25) is 0 Å². The molecule has 0 saturated carbocycles. The monoisotopic (exact) mass is 1460 g/mol. The summed E-state index contributed by atoms with van der Waals surface area (Å²) in [6.07, 6.45) is 30.3. The highest BCUT2D eigenvalue weighted by Crippen LogP contribution is 2.27. The second-order valence-electron chi connectivity index (χ2n) is 26.0. The molecule has 8 N–H and O–H groups in total. The molecule has 32 heteroatoms. The van der Waals surface area contributed by atoms with Gasteiger partial charge in [0.15, 0.2) is 17.4 Å². The number of carbonyl (C=O) groups is 3. The first-order chi connectivity index (χ1) is 52.8. The second kappa shape index (κ2) is 43.8. The number of aryl methyl sites for hydroxylation is 2. The Morgan fingerprint density at radius 3 is 1.49 bits per heavy atom. The molecule has 1 saturated heterocycles. The number of anilines is 6. The molecule has 4 aliphatic rings. The largest absolute Gasteiger partial charge is 0.379 e. The highest BCUT2D eigenvalue weighted by molar-refractivity contribution is 6.01. The Morgan fingerprint density at radius 1 is 0.449 bits per heavy atom. The summed E-state index contributed by atoms with van der Waals surface area (Å²) in [5.41, 5.74) is 5.46. The van der Waals surface area contributed by atoms with E-state index in [4.69, 9.17) is 28.7 Å². The number of ether oxygens (including phenoxy) is 5. The minimum Gasteiger partial charge on any atom is -0.379 e. The number of ketones is 1. The number of fused-ring (bicyclic) bond motifs is 8. The fourth-order valence-electron chi connectivity index (χ4n) is 12.0. The Bertz CT molecular complexity index is 3890. The number of hydrogen-bond acceptors (Lipinski definition) is 27. The fraction of sp³-hybridized carbons (Fsp3) is 0.480. The lowest BCUT2D eigenvalue weighted by molar-refractivity contribution is 0.0182. The summed E-state index contributed by atoms with van der Waals surface area (Å²) in [6, 6.07) is 21.8. The number of hydrogen-bond donors (Lipinski definition) is 8. The van der Waals surface area contributed by atoms with Crippen LogP contribution in [0.5, 0.6) is 0 Å². The summed E-state index contributed by atoms with van der Waals surface area (Å²) in [6.45, 7) is 13.8. The van der Waals surface area contributed by atoms with Crippen molar-refractivity contribution in [2.45, 2.75) is 110 Å². The number of aromatic nitrogens is 15. The number of pyridine rings is 2. The molecule has 0 unspecified atom stereocenters. The SMILES string of the molecule is O=C(CC1CCN(Cc2ccccc2)CC1)c1cnc2nc1NCCCCc1cn(nn1)CCCCCCN2.O=C(NCc1ccc(-n2cccn2)nc1)c1cnc2nc1NCCOCCOCCCCCN2.O=C(NCc1ccc(-n2cccn2)nc1)c1cnc2nc1NCCOCCOCCOCCN2. The van der Waals surface area contributed by atoms with Gasteiger partial charge in [-0.1, -0.05) is 60.5 Å². The molecular formula is C75H100N24O8. The van der Waals surface area contributed by atoms with Gasteiger partial charge >= 0.3 is 0 Å². The zero-order valence-electron chi connectivity index (χ0n) is 60.9. The first-order valence-electron chi connectivity index (χ1n) is 37.4. The number of likely N-dealkylation sites (tertiary alicyclic amines) is 1. The number of Topliss-reactive ketones (excluding diaryl/α,β-unsaturated/α-hetero) is 1. The van der Waals surface area contributed by atoms with E-state index in [1.165, 1.54) is 11.8 Å². The van der Waals surface area contributed by atoms with Crippen molar-refractivity contribution < 1.29 is 38.1 Å². The van der Waals surface area contributed by atoms with E-state index in [-0.39, 0.29) is 17.6 Å². The van der Waals surface area contributed by atoms with Crippen LogP contribution < -0.4 is 42.5 Å². The van der Waals surface area contributed by atoms with Crippen molar-refractivity contribution in [1.29, 1.82) is 0 Å². The van der Waals surface area contributed by atoms with Gasteiger partial charge in [-0.15, -0.1) is 5.10 Å². The Labute approximate surface area is 623 Å². The molecule has 0 spiro atoms. The van der Waals surface area contributed by atoms with E-state index in [1.54, 1.807) is 46.5 Å². The van der Waals surface area contributed by atoms with Crippen LogP contribution in [-0.2, 0) is 56.3 Å². The number of piperidine rings is 1. The maximum atomic E-state index is 13.4. The summed E-state index contributed by atoms with van der Waals surface area (Å²) >= 11 is 0. The smallest absolute Gasteiger partial charge is 0.256 e. The van der Waals surface area contributed by atoms with Crippen LogP contribution in [0.3, 0.4) is 0 Å². The van der Waals surface area contributed by atoms with Crippen LogP contribution >= 0.6 is 0 Å². The van der Waals surface area contributed by atoms with Gasteiger partial charge in [0.2, 0.25) is 17.8 Å². The summed E-state index contributed by atoms with van der Waals surface area (Å²) in [5.74, 6) is 4.44. The van der Waals surface area contributed by atoms with Crippen molar-refractivity contribution in [3.05, 3.63) is 168 Å². The predicted molar refractivity (Wildman–Crippen MR) is 405 cm³/mol. The van der Waals surface area contributed by atoms with E-state index in [0.29, 0.717) is 168 Å². The maximum Gasteiger partial charge on any atom is 0.256 e. The molecule has 12 heterocycles. The average Bonchev–Trinajstić information content (AvgIpc) is 1.56. The van der Waals surface area contributed by atoms with Gasteiger partial charge in [-0.05, 0) is 124 Å². The molecule has 1 aromatic carbocycles. The Kier molecular flexibility index (Phi) is 31.8. The molecule has 1 fully saturated rings. The molecule has 32 nitrogen and oxygen atoms in total. The van der Waals surface area contributed by atoms with Gasteiger partial charge in [0.05, 0.1) is 70.7 Å². The van der Waals surface area contributed by atoms with Gasteiger partial charge in [-0.25, -0.2) is 34.3 Å². The Balaban J connectivity index is 0.000000160. The van der Waals surface area contributed by atoms with Crippen LogP contribution in [0.1, 0.15) is 131 Å². The van der Waals surface area contributed by atoms with E-state index in [9.17, 15) is 14.4 Å². The van der Waals surface area contributed by atoms with Gasteiger partial charge in [0.1, 0.15) is 28.6 Å². The lowest BCUT2D eigenvalue weighted by atomic mass is 9.90. The molecule has 2 amide bonds. The standard InChI is InChI=1S/C30H42N8O.C23H30N8O3.C22H28N8O4/c39-28(20-24-13-18-37(19-14-24)22-25-10-4-3-5-11-25)27-21-33-30-32-16-7-1-2-9-17-38-23-26(35-36-38)12-6-8-15-31-29(27)34-30;32-22(27-16-18-5-6-20(26-15-18)31-10-4-8-29-31)19-17-28-23-25-7-2-1-3-11-33-13-14-34-12-9-24-21(19)30-23;31-21(26-15-17-2-3-19(25-14-17)30-7-1-4-28-30)18-16-27-22-24-6-9-33-11-13-34-12-10-32-8-5-23-20(18)29-22/h3-5,10-11,21,23-24H,1-2,6-9,12-20,22H2,(H2,31,32,33,34);4-6,8,10,15,17H,1-3,7,9,11-14,16H2,(H,27,32)(H2,24,25,28,30);1-4,7,14,16H,5-6,8-13,15H2,(H,26,31)(H2,23,24,27,29). The van der Waals surface area contributed by atoms with Crippen LogP contribution in [0, 0.1) is 5.92 Å². The Hall–Kier alpha value is -10.5. The molecule has 568 valence electrons. The average molecular weight is 1470 g/mol. The van der Waals surface area contributed by atoms with Gasteiger partial charge in [0.25, 0.3) is 11.8 Å². The van der Waals surface area contributed by atoms with Gasteiger partial charge in [0, 0.05) is 140 Å². The normalized spacial score (nSPS) is 16.6. The summed E-state index contributed by atoms with van der Waals surface area (Å²) < 4.78 is 32.9. The van der Waals surface area contributed by atoms with Crippen molar-refractivity contribution in [2.75, 3.05) is 150 Å². The highest BCUT2D eigenvalue weighted by Gasteiger charge is 2.25. The molecule has 107 heavy (non-hydrogen) atoms. The van der Waals surface area contributed by atoms with Crippen LogP contribution in [-0.4, -0.2) is 215 Å². The molecule has 0 atom stereocenters. The van der Waals surface area contributed by atoms with Gasteiger partial charge < -0.3 is 66.2 Å². The van der Waals surface area contributed by atoms with Crippen LogP contribution in [0.15, 0.2) is 129 Å². The zero-order valence-corrected chi connectivity index (χ0v) is 60.9. The zero-order chi connectivity index (χ0) is 73.6. The lowest BCUT2D eigenvalue weighted by Crippen LogP contribution is -2.34. The van der Waals surface area contributed by atoms with Crippen LogP contribution in [0.4, 0.5) is 35.3 Å². The van der Waals surface area contributed by atoms with Gasteiger partial charge in [-0.2, -0.15) is 25.1 Å². The minimum atomic E-state index is -0.294. The molecular weight excluding hydrogens is 1360 g/mol. The summed E-state index contributed by atoms with van der Waals surface area (Å²) in [4.78, 5) is 77.3. The number of amides is 2. The number of nitrogens with one attached hydrogen (secondary N) is 8. The molecule has 4 aliphatic heterocycles. The van der Waals surface area contributed by atoms with E-state index >= 15 is 0 Å². The molecule has 0 radical (unpaired) electrons.